The molecule has 1 aliphatic rings. The second-order valence-corrected chi connectivity index (χ2v) is 9.57. The molecular formula is C22H27N3O3S2. The summed E-state index contributed by atoms with van der Waals surface area (Å²) in [4.78, 5) is 25.8. The van der Waals surface area contributed by atoms with Crippen LogP contribution in [0.4, 0.5) is 5.00 Å². The molecule has 0 radical (unpaired) electrons. The van der Waals surface area contributed by atoms with E-state index in [1.54, 1.807) is 18.2 Å². The zero-order valence-corrected chi connectivity index (χ0v) is 19.0. The van der Waals surface area contributed by atoms with Crippen molar-refractivity contribution in [3.63, 3.8) is 0 Å². The third-order valence-corrected chi connectivity index (χ3v) is 6.27. The first kappa shape index (κ1) is 22.2. The fourth-order valence-electron chi connectivity index (χ4n) is 3.40. The molecule has 2 amide bonds. The van der Waals surface area contributed by atoms with Crippen LogP contribution in [0.2, 0.25) is 0 Å². The van der Waals surface area contributed by atoms with Crippen molar-refractivity contribution in [2.24, 2.45) is 17.6 Å². The summed E-state index contributed by atoms with van der Waals surface area (Å²) in [6.45, 7) is 6.89. The summed E-state index contributed by atoms with van der Waals surface area (Å²) in [6.07, 6.45) is 2.78. The van der Waals surface area contributed by atoms with Crippen molar-refractivity contribution >= 4 is 45.5 Å². The van der Waals surface area contributed by atoms with Crippen molar-refractivity contribution in [1.82, 2.24) is 5.32 Å². The SMILES string of the molecule is CC(C)COc1cccc(C(=O)NC(=S)Nc2sc3c(c2C(N)=O)CCC(C)C3)c1. The summed E-state index contributed by atoms with van der Waals surface area (Å²) in [5.74, 6) is 0.762. The van der Waals surface area contributed by atoms with Gasteiger partial charge in [-0.05, 0) is 67.1 Å². The van der Waals surface area contributed by atoms with Gasteiger partial charge in [-0.2, -0.15) is 0 Å². The van der Waals surface area contributed by atoms with Gasteiger partial charge in [0.15, 0.2) is 5.11 Å². The third kappa shape index (κ3) is 5.37. The highest BCUT2D eigenvalue weighted by molar-refractivity contribution is 7.80. The maximum absolute atomic E-state index is 12.6. The minimum Gasteiger partial charge on any atom is -0.493 e. The summed E-state index contributed by atoms with van der Waals surface area (Å²) >= 11 is 6.81. The van der Waals surface area contributed by atoms with Crippen molar-refractivity contribution in [3.8, 4) is 5.75 Å². The highest BCUT2D eigenvalue weighted by atomic mass is 32.1. The molecular weight excluding hydrogens is 418 g/mol. The van der Waals surface area contributed by atoms with Crippen LogP contribution in [0.1, 0.15) is 58.3 Å². The number of carbonyl (C=O) groups excluding carboxylic acids is 2. The monoisotopic (exact) mass is 445 g/mol. The summed E-state index contributed by atoms with van der Waals surface area (Å²) in [5.41, 5.74) is 7.57. The lowest BCUT2D eigenvalue weighted by atomic mass is 9.88. The van der Waals surface area contributed by atoms with Crippen LogP contribution in [0.3, 0.4) is 0 Å². The molecule has 0 bridgehead atoms. The van der Waals surface area contributed by atoms with E-state index in [1.165, 1.54) is 11.3 Å². The minimum atomic E-state index is -0.478. The van der Waals surface area contributed by atoms with E-state index in [-0.39, 0.29) is 11.0 Å². The molecule has 8 heteroatoms. The average molecular weight is 446 g/mol. The van der Waals surface area contributed by atoms with Gasteiger partial charge in [0.2, 0.25) is 0 Å². The Balaban J connectivity index is 1.70. The van der Waals surface area contributed by atoms with Crippen LogP contribution in [-0.4, -0.2) is 23.5 Å². The standard InChI is InChI=1S/C22H27N3O3S2/c1-12(2)11-28-15-6-4-5-14(10-15)20(27)24-22(29)25-21-18(19(23)26)16-8-7-13(3)9-17(16)30-21/h4-6,10,12-13H,7-9,11H2,1-3H3,(H2,23,26)(H2,24,25,27,29). The molecule has 0 spiro atoms. The molecule has 3 rings (SSSR count). The van der Waals surface area contributed by atoms with Gasteiger partial charge in [0.05, 0.1) is 12.2 Å². The second-order valence-electron chi connectivity index (χ2n) is 8.06. The number of nitrogens with two attached hydrogens (primary N) is 1. The van der Waals surface area contributed by atoms with Gasteiger partial charge in [-0.25, -0.2) is 0 Å². The summed E-state index contributed by atoms with van der Waals surface area (Å²) in [6, 6.07) is 6.95. The van der Waals surface area contributed by atoms with E-state index in [1.807, 2.05) is 6.07 Å². The van der Waals surface area contributed by atoms with E-state index < -0.39 is 5.91 Å². The first-order chi connectivity index (χ1) is 14.2. The molecule has 160 valence electrons. The Kier molecular flexibility index (Phi) is 7.10. The Labute approximate surface area is 186 Å². The second kappa shape index (κ2) is 9.57. The normalized spacial score (nSPS) is 15.4. The Morgan fingerprint density at radius 3 is 2.83 bits per heavy atom. The predicted octanol–water partition coefficient (Wildman–Crippen LogP) is 4.13. The molecule has 6 nitrogen and oxygen atoms in total. The first-order valence-electron chi connectivity index (χ1n) is 10.0. The van der Waals surface area contributed by atoms with Gasteiger partial charge in [-0.15, -0.1) is 11.3 Å². The van der Waals surface area contributed by atoms with Crippen LogP contribution in [0.25, 0.3) is 0 Å². The van der Waals surface area contributed by atoms with Crippen LogP contribution >= 0.6 is 23.6 Å². The average Bonchev–Trinajstić information content (AvgIpc) is 3.03. The number of benzene rings is 1. The van der Waals surface area contributed by atoms with Crippen molar-refractivity contribution in [2.75, 3.05) is 11.9 Å². The lowest BCUT2D eigenvalue weighted by Gasteiger charge is -2.18. The van der Waals surface area contributed by atoms with Crippen molar-refractivity contribution in [3.05, 3.63) is 45.8 Å². The van der Waals surface area contributed by atoms with Crippen molar-refractivity contribution in [1.29, 1.82) is 0 Å². The molecule has 0 saturated heterocycles. The van der Waals surface area contributed by atoms with Crippen molar-refractivity contribution in [2.45, 2.75) is 40.0 Å². The number of primary amides is 1. The van der Waals surface area contributed by atoms with E-state index in [4.69, 9.17) is 22.7 Å². The van der Waals surface area contributed by atoms with Gasteiger partial charge >= 0.3 is 0 Å². The van der Waals surface area contributed by atoms with Gasteiger partial charge in [-0.3, -0.25) is 14.9 Å². The predicted molar refractivity (Wildman–Crippen MR) is 124 cm³/mol. The summed E-state index contributed by atoms with van der Waals surface area (Å²) in [7, 11) is 0. The van der Waals surface area contributed by atoms with Crippen molar-refractivity contribution < 1.29 is 14.3 Å². The Bertz CT molecular complexity index is 969. The van der Waals surface area contributed by atoms with Crippen LogP contribution < -0.4 is 21.1 Å². The zero-order valence-electron chi connectivity index (χ0n) is 17.4. The topological polar surface area (TPSA) is 93.4 Å². The van der Waals surface area contributed by atoms with Crippen LogP contribution in [0.5, 0.6) is 5.75 Å². The maximum Gasteiger partial charge on any atom is 0.257 e. The molecule has 1 aromatic heterocycles. The van der Waals surface area contributed by atoms with E-state index in [0.717, 1.165) is 29.7 Å². The molecule has 1 heterocycles. The molecule has 30 heavy (non-hydrogen) atoms. The number of fused-ring (bicyclic) bond motifs is 1. The van der Waals surface area contributed by atoms with Gasteiger partial charge < -0.3 is 15.8 Å². The number of nitrogens with one attached hydrogen (secondary N) is 2. The number of ether oxygens (including phenoxy) is 1. The number of anilines is 1. The molecule has 4 N–H and O–H groups in total. The third-order valence-electron chi connectivity index (χ3n) is 4.89. The molecule has 1 unspecified atom stereocenters. The Morgan fingerprint density at radius 2 is 2.13 bits per heavy atom. The number of hydrogen-bond donors (Lipinski definition) is 3. The van der Waals surface area contributed by atoms with Crippen LogP contribution in [0, 0.1) is 11.8 Å². The zero-order chi connectivity index (χ0) is 21.8. The molecule has 0 aliphatic heterocycles. The van der Waals surface area contributed by atoms with Gasteiger partial charge in [0.1, 0.15) is 10.8 Å². The van der Waals surface area contributed by atoms with Gasteiger partial charge in [0.25, 0.3) is 11.8 Å². The van der Waals surface area contributed by atoms with Gasteiger partial charge in [0, 0.05) is 10.4 Å². The molecule has 0 saturated carbocycles. The fraction of sp³-hybridized carbons (Fsp3) is 0.409. The molecule has 0 fully saturated rings. The highest BCUT2D eigenvalue weighted by Gasteiger charge is 2.27. The van der Waals surface area contributed by atoms with Crippen LogP contribution in [-0.2, 0) is 12.8 Å². The largest absolute Gasteiger partial charge is 0.493 e. The number of thiophene rings is 1. The number of rotatable bonds is 6. The molecule has 1 aromatic carbocycles. The molecule has 2 aromatic rings. The highest BCUT2D eigenvalue weighted by Crippen LogP contribution is 2.39. The lowest BCUT2D eigenvalue weighted by Crippen LogP contribution is -2.34. The Morgan fingerprint density at radius 1 is 1.37 bits per heavy atom. The minimum absolute atomic E-state index is 0.127. The maximum atomic E-state index is 12.6. The van der Waals surface area contributed by atoms with E-state index in [0.29, 0.717) is 40.3 Å². The smallest absolute Gasteiger partial charge is 0.257 e. The fourth-order valence-corrected chi connectivity index (χ4v) is 5.08. The quantitative estimate of drug-likeness (QED) is 0.581. The van der Waals surface area contributed by atoms with E-state index in [9.17, 15) is 9.59 Å². The number of carbonyl (C=O) groups is 2. The Hall–Kier alpha value is -2.45. The number of thiocarbonyl (C=S) groups is 1. The molecule has 1 aliphatic carbocycles. The summed E-state index contributed by atoms with van der Waals surface area (Å²) < 4.78 is 5.68. The van der Waals surface area contributed by atoms with E-state index in [2.05, 4.69) is 31.4 Å². The number of hydrogen-bond acceptors (Lipinski definition) is 5. The summed E-state index contributed by atoms with van der Waals surface area (Å²) in [5, 5.41) is 6.40. The first-order valence-corrected chi connectivity index (χ1v) is 11.3. The van der Waals surface area contributed by atoms with Gasteiger partial charge in [-0.1, -0.05) is 26.8 Å². The van der Waals surface area contributed by atoms with Crippen LogP contribution in [0.15, 0.2) is 24.3 Å². The number of amides is 2. The van der Waals surface area contributed by atoms with E-state index >= 15 is 0 Å². The lowest BCUT2D eigenvalue weighted by molar-refractivity contribution is 0.0975. The molecule has 1 atom stereocenters.